The van der Waals surface area contributed by atoms with Crippen molar-refractivity contribution < 1.29 is 9.90 Å². The molecule has 3 unspecified atom stereocenters. The molecule has 1 amide bonds. The fourth-order valence-electron chi connectivity index (χ4n) is 1.51. The second-order valence-electron chi connectivity index (χ2n) is 3.79. The predicted molar refractivity (Wildman–Crippen MR) is 54.8 cm³/mol. The highest BCUT2D eigenvalue weighted by Gasteiger charge is 2.28. The van der Waals surface area contributed by atoms with Crippen LogP contribution in [0.1, 0.15) is 20.3 Å². The zero-order valence-electron chi connectivity index (χ0n) is 8.10. The summed E-state index contributed by atoms with van der Waals surface area (Å²) in [6.07, 6.45) is 0.512. The van der Waals surface area contributed by atoms with Crippen LogP contribution in [0.4, 0.5) is 0 Å². The Morgan fingerprint density at radius 3 is 2.77 bits per heavy atom. The third-order valence-electron chi connectivity index (χ3n) is 2.59. The molecule has 3 atom stereocenters. The van der Waals surface area contributed by atoms with E-state index in [2.05, 4.69) is 12.6 Å². The van der Waals surface area contributed by atoms with Gasteiger partial charge in [-0.15, -0.1) is 0 Å². The molecule has 0 spiro atoms. The molecule has 0 aromatic rings. The lowest BCUT2D eigenvalue weighted by atomic mass is 9.96. The second-order valence-corrected chi connectivity index (χ2v) is 4.57. The van der Waals surface area contributed by atoms with Crippen LogP contribution < -0.4 is 0 Å². The van der Waals surface area contributed by atoms with Gasteiger partial charge in [0, 0.05) is 13.1 Å². The molecule has 0 aliphatic carbocycles. The van der Waals surface area contributed by atoms with E-state index in [-0.39, 0.29) is 17.3 Å². The van der Waals surface area contributed by atoms with Crippen LogP contribution in [-0.4, -0.2) is 40.4 Å². The van der Waals surface area contributed by atoms with Crippen molar-refractivity contribution in [2.75, 3.05) is 13.1 Å². The molecule has 1 saturated heterocycles. The van der Waals surface area contributed by atoms with E-state index in [0.29, 0.717) is 12.5 Å². The molecule has 0 radical (unpaired) electrons. The van der Waals surface area contributed by atoms with Crippen LogP contribution in [0.15, 0.2) is 0 Å². The number of β-amino-alcohol motifs (C(OH)–C–C–N with tert-alkyl or cyclic N) is 1. The number of hydrogen-bond acceptors (Lipinski definition) is 3. The number of carbonyl (C=O) groups excluding carboxylic acids is 1. The molecule has 0 aromatic heterocycles. The lowest BCUT2D eigenvalue weighted by Crippen LogP contribution is -2.47. The summed E-state index contributed by atoms with van der Waals surface area (Å²) in [5.41, 5.74) is 0. The Morgan fingerprint density at radius 1 is 1.69 bits per heavy atom. The Morgan fingerprint density at radius 2 is 2.31 bits per heavy atom. The van der Waals surface area contributed by atoms with Crippen LogP contribution in [0.5, 0.6) is 0 Å². The SMILES string of the molecule is CC(S)C(=O)N1CCC(C)C(O)C1. The van der Waals surface area contributed by atoms with Gasteiger partial charge in [0.15, 0.2) is 0 Å². The Bertz CT molecular complexity index is 196. The lowest BCUT2D eigenvalue weighted by molar-refractivity contribution is -0.134. The standard InChI is InChI=1S/C9H17NO2S/c1-6-3-4-10(5-8(6)11)9(12)7(2)13/h6-8,11,13H,3-5H2,1-2H3. The first-order chi connectivity index (χ1) is 6.02. The fourth-order valence-corrected chi connectivity index (χ4v) is 1.68. The highest BCUT2D eigenvalue weighted by Crippen LogP contribution is 2.18. The van der Waals surface area contributed by atoms with Crippen LogP contribution in [0.2, 0.25) is 0 Å². The van der Waals surface area contributed by atoms with Crippen LogP contribution in [0.25, 0.3) is 0 Å². The summed E-state index contributed by atoms with van der Waals surface area (Å²) in [6.45, 7) is 4.99. The second kappa shape index (κ2) is 4.33. The average Bonchev–Trinajstić information content (AvgIpc) is 2.08. The summed E-state index contributed by atoms with van der Waals surface area (Å²) in [4.78, 5) is 13.2. The molecule has 0 aromatic carbocycles. The third kappa shape index (κ3) is 2.61. The number of nitrogens with zero attached hydrogens (tertiary/aromatic N) is 1. The minimum absolute atomic E-state index is 0.0225. The number of aliphatic hydroxyl groups is 1. The quantitative estimate of drug-likeness (QED) is 0.610. The maximum Gasteiger partial charge on any atom is 0.235 e. The zero-order valence-corrected chi connectivity index (χ0v) is 9.00. The molecular weight excluding hydrogens is 186 g/mol. The first-order valence-corrected chi connectivity index (χ1v) is 5.19. The Labute approximate surface area is 84.5 Å². The van der Waals surface area contributed by atoms with Gasteiger partial charge < -0.3 is 10.0 Å². The Hall–Kier alpha value is -0.220. The fraction of sp³-hybridized carbons (Fsp3) is 0.889. The molecule has 1 aliphatic heterocycles. The summed E-state index contributed by atoms with van der Waals surface area (Å²) >= 11 is 4.08. The van der Waals surface area contributed by atoms with E-state index in [1.807, 2.05) is 6.92 Å². The van der Waals surface area contributed by atoms with Gasteiger partial charge in [0.2, 0.25) is 5.91 Å². The molecule has 76 valence electrons. The van der Waals surface area contributed by atoms with E-state index in [9.17, 15) is 9.90 Å². The van der Waals surface area contributed by atoms with Gasteiger partial charge in [0.05, 0.1) is 11.4 Å². The minimum atomic E-state index is -0.371. The summed E-state index contributed by atoms with van der Waals surface area (Å²) in [5.74, 6) is 0.327. The molecular formula is C9H17NO2S. The number of carbonyl (C=O) groups is 1. The summed E-state index contributed by atoms with van der Waals surface area (Å²) in [6, 6.07) is 0. The maximum absolute atomic E-state index is 11.5. The highest BCUT2D eigenvalue weighted by molar-refractivity contribution is 7.81. The van der Waals surface area contributed by atoms with Crippen LogP contribution >= 0.6 is 12.6 Å². The highest BCUT2D eigenvalue weighted by atomic mass is 32.1. The molecule has 1 heterocycles. The van der Waals surface area contributed by atoms with E-state index in [0.717, 1.165) is 13.0 Å². The van der Waals surface area contributed by atoms with Gasteiger partial charge in [-0.05, 0) is 19.3 Å². The molecule has 1 rings (SSSR count). The van der Waals surface area contributed by atoms with Crippen molar-refractivity contribution in [2.24, 2.45) is 5.92 Å². The molecule has 3 nitrogen and oxygen atoms in total. The number of amides is 1. The van der Waals surface area contributed by atoms with Crippen molar-refractivity contribution in [1.29, 1.82) is 0 Å². The predicted octanol–water partition coefficient (Wildman–Crippen LogP) is 0.534. The van der Waals surface area contributed by atoms with E-state index in [1.165, 1.54) is 0 Å². The average molecular weight is 203 g/mol. The Balaban J connectivity index is 2.50. The first kappa shape index (κ1) is 10.9. The molecule has 0 bridgehead atoms. The third-order valence-corrected chi connectivity index (χ3v) is 2.81. The number of rotatable bonds is 1. The van der Waals surface area contributed by atoms with Crippen LogP contribution in [0, 0.1) is 5.92 Å². The smallest absolute Gasteiger partial charge is 0.235 e. The topological polar surface area (TPSA) is 40.5 Å². The van der Waals surface area contributed by atoms with E-state index < -0.39 is 0 Å². The van der Waals surface area contributed by atoms with Crippen LogP contribution in [-0.2, 0) is 4.79 Å². The molecule has 1 fully saturated rings. The molecule has 0 saturated carbocycles. The number of piperidine rings is 1. The van der Waals surface area contributed by atoms with Crippen molar-refractivity contribution in [3.63, 3.8) is 0 Å². The summed E-state index contributed by atoms with van der Waals surface area (Å²) in [7, 11) is 0. The van der Waals surface area contributed by atoms with Gasteiger partial charge in [-0.1, -0.05) is 6.92 Å². The van der Waals surface area contributed by atoms with Gasteiger partial charge in [-0.25, -0.2) is 0 Å². The molecule has 1 aliphatic rings. The van der Waals surface area contributed by atoms with Gasteiger partial charge in [-0.2, -0.15) is 12.6 Å². The van der Waals surface area contributed by atoms with Crippen molar-refractivity contribution >= 4 is 18.5 Å². The van der Waals surface area contributed by atoms with Gasteiger partial charge in [0.25, 0.3) is 0 Å². The summed E-state index contributed by atoms with van der Waals surface area (Å²) < 4.78 is 0. The van der Waals surface area contributed by atoms with E-state index in [1.54, 1.807) is 11.8 Å². The molecule has 4 heteroatoms. The van der Waals surface area contributed by atoms with Gasteiger partial charge >= 0.3 is 0 Å². The number of likely N-dealkylation sites (tertiary alicyclic amines) is 1. The first-order valence-electron chi connectivity index (χ1n) is 4.67. The van der Waals surface area contributed by atoms with Crippen molar-refractivity contribution in [3.05, 3.63) is 0 Å². The van der Waals surface area contributed by atoms with Gasteiger partial charge in [-0.3, -0.25) is 4.79 Å². The summed E-state index contributed by atoms with van der Waals surface area (Å²) in [5, 5.41) is 9.30. The largest absolute Gasteiger partial charge is 0.391 e. The van der Waals surface area contributed by atoms with Crippen molar-refractivity contribution in [1.82, 2.24) is 4.90 Å². The lowest BCUT2D eigenvalue weighted by Gasteiger charge is -2.35. The van der Waals surface area contributed by atoms with Crippen molar-refractivity contribution in [2.45, 2.75) is 31.6 Å². The number of hydrogen-bond donors (Lipinski definition) is 2. The number of aliphatic hydroxyl groups excluding tert-OH is 1. The maximum atomic E-state index is 11.5. The van der Waals surface area contributed by atoms with Crippen molar-refractivity contribution in [3.8, 4) is 0 Å². The minimum Gasteiger partial charge on any atom is -0.391 e. The normalized spacial score (nSPS) is 31.5. The zero-order chi connectivity index (χ0) is 10.0. The molecule has 13 heavy (non-hydrogen) atoms. The Kier molecular flexibility index (Phi) is 3.62. The van der Waals surface area contributed by atoms with E-state index >= 15 is 0 Å². The van der Waals surface area contributed by atoms with E-state index in [4.69, 9.17) is 0 Å². The monoisotopic (exact) mass is 203 g/mol. The number of thiol groups is 1. The van der Waals surface area contributed by atoms with Gasteiger partial charge in [0.1, 0.15) is 0 Å². The van der Waals surface area contributed by atoms with Crippen LogP contribution in [0.3, 0.4) is 0 Å². The molecule has 1 N–H and O–H groups in total.